The summed E-state index contributed by atoms with van der Waals surface area (Å²) in [6.45, 7) is 4.45. The van der Waals surface area contributed by atoms with Crippen molar-refractivity contribution in [3.63, 3.8) is 0 Å². The first-order valence-electron chi connectivity index (χ1n) is 9.95. The van der Waals surface area contributed by atoms with Gasteiger partial charge in [-0.2, -0.15) is 0 Å². The number of fused-ring (bicyclic) bond motifs is 1. The van der Waals surface area contributed by atoms with Gasteiger partial charge in [-0.3, -0.25) is 4.79 Å². The number of hydrogen-bond acceptors (Lipinski definition) is 5. The van der Waals surface area contributed by atoms with Gasteiger partial charge >= 0.3 is 5.63 Å². The number of hydrogen-bond donors (Lipinski definition) is 0. The molecule has 1 aromatic heterocycles. The van der Waals surface area contributed by atoms with Crippen molar-refractivity contribution in [1.29, 1.82) is 0 Å². The van der Waals surface area contributed by atoms with Crippen LogP contribution in [0.25, 0.3) is 22.1 Å². The predicted octanol–water partition coefficient (Wildman–Crippen LogP) is 5.27. The van der Waals surface area contributed by atoms with Crippen LogP contribution >= 0.6 is 11.6 Å². The molecule has 1 saturated heterocycles. The lowest BCUT2D eigenvalue weighted by Gasteiger charge is -2.34. The second-order valence-electron chi connectivity index (χ2n) is 8.18. The predicted molar refractivity (Wildman–Crippen MR) is 116 cm³/mol. The molecule has 2 heterocycles. The molecule has 0 amide bonds. The summed E-state index contributed by atoms with van der Waals surface area (Å²) in [5.41, 5.74) is 1.21. The van der Waals surface area contributed by atoms with Gasteiger partial charge in [0.25, 0.3) is 0 Å². The highest BCUT2D eigenvalue weighted by molar-refractivity contribution is 6.33. The van der Waals surface area contributed by atoms with Gasteiger partial charge in [0.2, 0.25) is 0 Å². The van der Waals surface area contributed by atoms with Gasteiger partial charge in [-0.25, -0.2) is 4.79 Å². The first-order chi connectivity index (χ1) is 14.3. The zero-order valence-corrected chi connectivity index (χ0v) is 17.7. The van der Waals surface area contributed by atoms with Crippen LogP contribution in [0.5, 0.6) is 5.75 Å². The molecule has 0 N–H and O–H groups in total. The van der Waals surface area contributed by atoms with Crippen molar-refractivity contribution in [3.8, 4) is 16.9 Å². The zero-order chi connectivity index (χ0) is 21.3. The summed E-state index contributed by atoms with van der Waals surface area (Å²) in [4.78, 5) is 24.7. The fourth-order valence-corrected chi connectivity index (χ4v) is 4.12. The van der Waals surface area contributed by atoms with E-state index >= 15 is 0 Å². The van der Waals surface area contributed by atoms with Gasteiger partial charge in [0.15, 0.2) is 5.78 Å². The first kappa shape index (κ1) is 20.6. The van der Waals surface area contributed by atoms with Gasteiger partial charge in [0.1, 0.15) is 17.9 Å². The maximum Gasteiger partial charge on any atom is 0.336 e. The van der Waals surface area contributed by atoms with E-state index < -0.39 is 5.63 Å². The molecule has 1 aliphatic rings. The zero-order valence-electron chi connectivity index (χ0n) is 16.9. The van der Waals surface area contributed by atoms with E-state index in [0.29, 0.717) is 41.2 Å². The summed E-state index contributed by atoms with van der Waals surface area (Å²) >= 11 is 6.44. The Bertz CT molecular complexity index is 1130. The average molecular weight is 427 g/mol. The summed E-state index contributed by atoms with van der Waals surface area (Å²) in [6, 6.07) is 14.3. The van der Waals surface area contributed by atoms with E-state index in [1.165, 1.54) is 6.07 Å². The lowest BCUT2D eigenvalue weighted by molar-refractivity contribution is -0.135. The second-order valence-corrected chi connectivity index (χ2v) is 8.58. The Hall–Kier alpha value is -2.63. The molecule has 0 aliphatic carbocycles. The van der Waals surface area contributed by atoms with Crippen molar-refractivity contribution in [2.24, 2.45) is 5.92 Å². The molecule has 0 radical (unpaired) electrons. The van der Waals surface area contributed by atoms with Gasteiger partial charge in [0, 0.05) is 30.0 Å². The third-order valence-corrected chi connectivity index (χ3v) is 5.70. The largest absolute Gasteiger partial charge is 0.484 e. The highest BCUT2D eigenvalue weighted by Gasteiger charge is 2.33. The SMILES string of the molecule is CC1(C)C[C@@H](C(=O)COc2cc3oc(=O)cc(-c4ccccc4)c3cc2Cl)CCO1. The number of benzene rings is 2. The van der Waals surface area contributed by atoms with Gasteiger partial charge in [-0.05, 0) is 43.9 Å². The molecule has 1 fully saturated rings. The van der Waals surface area contributed by atoms with Crippen LogP contribution in [0.1, 0.15) is 26.7 Å². The van der Waals surface area contributed by atoms with Gasteiger partial charge < -0.3 is 13.9 Å². The van der Waals surface area contributed by atoms with Crippen LogP contribution in [-0.4, -0.2) is 24.6 Å². The summed E-state index contributed by atoms with van der Waals surface area (Å²) < 4.78 is 16.8. The molecule has 0 spiro atoms. The monoisotopic (exact) mass is 426 g/mol. The maximum atomic E-state index is 12.6. The normalized spacial score (nSPS) is 18.3. The molecule has 5 nitrogen and oxygen atoms in total. The van der Waals surface area contributed by atoms with Crippen LogP contribution in [0.2, 0.25) is 5.02 Å². The average Bonchev–Trinajstić information content (AvgIpc) is 2.71. The number of Topliss-reactive ketones (excluding diaryl/α,β-unsaturated/α-hetero) is 1. The quantitative estimate of drug-likeness (QED) is 0.520. The van der Waals surface area contributed by atoms with Crippen LogP contribution < -0.4 is 10.4 Å². The number of halogens is 1. The first-order valence-corrected chi connectivity index (χ1v) is 10.3. The Morgan fingerprint density at radius 2 is 1.97 bits per heavy atom. The number of ether oxygens (including phenoxy) is 2. The molecule has 4 rings (SSSR count). The summed E-state index contributed by atoms with van der Waals surface area (Å²) in [5.74, 6) is 0.231. The molecule has 0 saturated carbocycles. The number of carbonyl (C=O) groups is 1. The Balaban J connectivity index is 1.59. The van der Waals surface area contributed by atoms with Crippen molar-refractivity contribution >= 4 is 28.4 Å². The van der Waals surface area contributed by atoms with Crippen LogP contribution in [-0.2, 0) is 9.53 Å². The summed E-state index contributed by atoms with van der Waals surface area (Å²) in [5, 5.41) is 1.06. The van der Waals surface area contributed by atoms with E-state index in [4.69, 9.17) is 25.5 Å². The van der Waals surface area contributed by atoms with Gasteiger partial charge in [-0.1, -0.05) is 41.9 Å². The molecule has 1 aliphatic heterocycles. The van der Waals surface area contributed by atoms with Crippen molar-refractivity contribution in [2.75, 3.05) is 13.2 Å². The van der Waals surface area contributed by atoms with Crippen LogP contribution in [0.4, 0.5) is 0 Å². The van der Waals surface area contributed by atoms with Crippen molar-refractivity contribution in [3.05, 3.63) is 64.0 Å². The Kier molecular flexibility index (Phi) is 5.67. The van der Waals surface area contributed by atoms with Gasteiger partial charge in [-0.15, -0.1) is 0 Å². The van der Waals surface area contributed by atoms with Crippen molar-refractivity contribution in [2.45, 2.75) is 32.3 Å². The minimum atomic E-state index is -0.463. The summed E-state index contributed by atoms with van der Waals surface area (Å²) in [7, 11) is 0. The van der Waals surface area contributed by atoms with Crippen LogP contribution in [0, 0.1) is 5.92 Å². The molecular formula is C24H23ClO5. The maximum absolute atomic E-state index is 12.6. The Morgan fingerprint density at radius 1 is 1.20 bits per heavy atom. The number of ketones is 1. The third-order valence-electron chi connectivity index (χ3n) is 5.40. The van der Waals surface area contributed by atoms with E-state index in [2.05, 4.69) is 0 Å². The van der Waals surface area contributed by atoms with E-state index in [9.17, 15) is 9.59 Å². The molecule has 6 heteroatoms. The van der Waals surface area contributed by atoms with Gasteiger partial charge in [0.05, 0.1) is 10.6 Å². The number of rotatable bonds is 5. The molecule has 0 bridgehead atoms. The van der Waals surface area contributed by atoms with Crippen molar-refractivity contribution < 1.29 is 18.7 Å². The lowest BCUT2D eigenvalue weighted by atomic mass is 9.86. The fourth-order valence-electron chi connectivity index (χ4n) is 3.90. The van der Waals surface area contributed by atoms with E-state index in [-0.39, 0.29) is 23.9 Å². The minimum Gasteiger partial charge on any atom is -0.484 e. The molecule has 3 aromatic rings. The second kappa shape index (κ2) is 8.25. The molecular weight excluding hydrogens is 404 g/mol. The lowest BCUT2D eigenvalue weighted by Crippen LogP contribution is -2.38. The van der Waals surface area contributed by atoms with Crippen LogP contribution in [0.3, 0.4) is 0 Å². The standard InChI is InChI=1S/C24H23ClO5/c1-24(2)13-16(8-9-29-24)20(26)14-28-22-12-21-18(10-19(22)25)17(11-23(27)30-21)15-6-4-3-5-7-15/h3-7,10-12,16H,8-9,13-14H2,1-2H3/t16-/m0/s1. The highest BCUT2D eigenvalue weighted by Crippen LogP contribution is 2.35. The fraction of sp³-hybridized carbons (Fsp3) is 0.333. The topological polar surface area (TPSA) is 65.7 Å². The number of carbonyl (C=O) groups excluding carboxylic acids is 1. The smallest absolute Gasteiger partial charge is 0.336 e. The minimum absolute atomic E-state index is 0.0158. The van der Waals surface area contributed by atoms with Crippen LogP contribution in [0.15, 0.2) is 57.7 Å². The molecule has 2 aromatic carbocycles. The molecule has 1 atom stereocenters. The highest BCUT2D eigenvalue weighted by atomic mass is 35.5. The van der Waals surface area contributed by atoms with E-state index in [0.717, 1.165) is 11.1 Å². The van der Waals surface area contributed by atoms with E-state index in [1.807, 2.05) is 44.2 Å². The Labute approximate surface area is 179 Å². The van der Waals surface area contributed by atoms with Crippen molar-refractivity contribution in [1.82, 2.24) is 0 Å². The molecule has 0 unspecified atom stereocenters. The summed E-state index contributed by atoms with van der Waals surface area (Å²) in [6.07, 6.45) is 1.35. The van der Waals surface area contributed by atoms with E-state index in [1.54, 1.807) is 12.1 Å². The Morgan fingerprint density at radius 3 is 2.70 bits per heavy atom. The molecule has 156 valence electrons. The molecule has 30 heavy (non-hydrogen) atoms. The third kappa shape index (κ3) is 4.42.